The SMILES string of the molecule is CC(C)(C)C1CCC(NC(=O)COc2ccccc2[N+](=O)[O-])CC1. The zero-order valence-electron chi connectivity index (χ0n) is 14.6. The highest BCUT2D eigenvalue weighted by Gasteiger charge is 2.30. The highest BCUT2D eigenvalue weighted by Crippen LogP contribution is 2.37. The molecular formula is C18H26N2O4. The molecule has 0 aromatic heterocycles. The van der Waals surface area contributed by atoms with Crippen molar-refractivity contribution in [3.05, 3.63) is 34.4 Å². The van der Waals surface area contributed by atoms with Crippen LogP contribution in [0, 0.1) is 21.4 Å². The van der Waals surface area contributed by atoms with E-state index in [1.807, 2.05) is 0 Å². The van der Waals surface area contributed by atoms with Crippen LogP contribution in [-0.2, 0) is 4.79 Å². The number of para-hydroxylation sites is 2. The van der Waals surface area contributed by atoms with Gasteiger partial charge in [-0.1, -0.05) is 32.9 Å². The number of amides is 1. The van der Waals surface area contributed by atoms with Gasteiger partial charge in [0.2, 0.25) is 0 Å². The van der Waals surface area contributed by atoms with Crippen LogP contribution in [0.5, 0.6) is 5.75 Å². The number of ether oxygens (including phenoxy) is 1. The first kappa shape index (κ1) is 18.2. The molecule has 0 radical (unpaired) electrons. The molecule has 0 heterocycles. The second kappa shape index (κ2) is 7.64. The van der Waals surface area contributed by atoms with Crippen LogP contribution in [0.4, 0.5) is 5.69 Å². The van der Waals surface area contributed by atoms with E-state index in [0.29, 0.717) is 11.3 Å². The number of benzene rings is 1. The number of carbonyl (C=O) groups excluding carboxylic acids is 1. The summed E-state index contributed by atoms with van der Waals surface area (Å²) >= 11 is 0. The molecule has 6 heteroatoms. The van der Waals surface area contributed by atoms with E-state index < -0.39 is 4.92 Å². The topological polar surface area (TPSA) is 81.5 Å². The maximum Gasteiger partial charge on any atom is 0.310 e. The van der Waals surface area contributed by atoms with Gasteiger partial charge in [-0.05, 0) is 43.1 Å². The minimum Gasteiger partial charge on any atom is -0.477 e. The average molecular weight is 334 g/mol. The molecule has 1 amide bonds. The van der Waals surface area contributed by atoms with Crippen molar-refractivity contribution in [2.24, 2.45) is 11.3 Å². The van der Waals surface area contributed by atoms with Crippen LogP contribution < -0.4 is 10.1 Å². The van der Waals surface area contributed by atoms with E-state index in [9.17, 15) is 14.9 Å². The fourth-order valence-electron chi connectivity index (χ4n) is 3.25. The van der Waals surface area contributed by atoms with Crippen molar-refractivity contribution in [1.82, 2.24) is 5.32 Å². The van der Waals surface area contributed by atoms with Gasteiger partial charge in [0.25, 0.3) is 5.91 Å². The Labute approximate surface area is 142 Å². The van der Waals surface area contributed by atoms with Gasteiger partial charge in [-0.2, -0.15) is 0 Å². The summed E-state index contributed by atoms with van der Waals surface area (Å²) in [5, 5.41) is 13.9. The summed E-state index contributed by atoms with van der Waals surface area (Å²) in [5.41, 5.74) is 0.181. The number of carbonyl (C=O) groups is 1. The van der Waals surface area contributed by atoms with E-state index in [0.717, 1.165) is 25.7 Å². The molecule has 1 saturated carbocycles. The standard InChI is InChI=1S/C18H26N2O4/c1-18(2,3)13-8-10-14(11-9-13)19-17(21)12-24-16-7-5-4-6-15(16)20(22)23/h4-7,13-14H,8-12H2,1-3H3,(H,19,21). The highest BCUT2D eigenvalue weighted by molar-refractivity contribution is 5.78. The Morgan fingerprint density at radius 3 is 2.46 bits per heavy atom. The fraction of sp³-hybridized carbons (Fsp3) is 0.611. The molecule has 0 saturated heterocycles. The summed E-state index contributed by atoms with van der Waals surface area (Å²) in [6, 6.07) is 6.25. The van der Waals surface area contributed by atoms with Crippen molar-refractivity contribution < 1.29 is 14.5 Å². The summed E-state index contributed by atoms with van der Waals surface area (Å²) < 4.78 is 5.32. The molecule has 24 heavy (non-hydrogen) atoms. The number of hydrogen-bond acceptors (Lipinski definition) is 4. The zero-order chi connectivity index (χ0) is 17.7. The quantitative estimate of drug-likeness (QED) is 0.657. The molecule has 2 rings (SSSR count). The molecule has 1 fully saturated rings. The predicted molar refractivity (Wildman–Crippen MR) is 91.9 cm³/mol. The van der Waals surface area contributed by atoms with Crippen LogP contribution in [0.15, 0.2) is 24.3 Å². The van der Waals surface area contributed by atoms with Crippen LogP contribution in [0.1, 0.15) is 46.5 Å². The van der Waals surface area contributed by atoms with Gasteiger partial charge in [-0.3, -0.25) is 14.9 Å². The molecule has 1 aromatic carbocycles. The van der Waals surface area contributed by atoms with Gasteiger partial charge in [0.1, 0.15) is 0 Å². The maximum atomic E-state index is 12.0. The van der Waals surface area contributed by atoms with Crippen LogP contribution in [0.3, 0.4) is 0 Å². The van der Waals surface area contributed by atoms with Gasteiger partial charge in [0, 0.05) is 12.1 Å². The minimum absolute atomic E-state index is 0.120. The smallest absolute Gasteiger partial charge is 0.310 e. The zero-order valence-corrected chi connectivity index (χ0v) is 14.6. The third-order valence-electron chi connectivity index (χ3n) is 4.74. The first-order chi connectivity index (χ1) is 11.3. The van der Waals surface area contributed by atoms with Crippen molar-refractivity contribution in [1.29, 1.82) is 0 Å². The van der Waals surface area contributed by atoms with E-state index in [1.165, 1.54) is 12.1 Å². The first-order valence-corrected chi connectivity index (χ1v) is 8.43. The molecule has 0 bridgehead atoms. The van der Waals surface area contributed by atoms with Crippen molar-refractivity contribution in [3.8, 4) is 5.75 Å². The Morgan fingerprint density at radius 2 is 1.88 bits per heavy atom. The number of nitrogens with zero attached hydrogens (tertiary/aromatic N) is 1. The molecule has 1 N–H and O–H groups in total. The van der Waals surface area contributed by atoms with E-state index in [4.69, 9.17) is 4.74 Å². The molecule has 132 valence electrons. The molecule has 6 nitrogen and oxygen atoms in total. The van der Waals surface area contributed by atoms with Crippen molar-refractivity contribution in [2.45, 2.75) is 52.5 Å². The Kier molecular flexibility index (Phi) is 5.80. The second-order valence-corrected chi connectivity index (χ2v) is 7.50. The Morgan fingerprint density at radius 1 is 1.25 bits per heavy atom. The molecule has 0 spiro atoms. The number of rotatable bonds is 5. The van der Waals surface area contributed by atoms with E-state index in [2.05, 4.69) is 26.1 Å². The van der Waals surface area contributed by atoms with Gasteiger partial charge in [0.15, 0.2) is 12.4 Å². The molecule has 1 aliphatic carbocycles. The minimum atomic E-state index is -0.513. The van der Waals surface area contributed by atoms with Crippen molar-refractivity contribution in [3.63, 3.8) is 0 Å². The van der Waals surface area contributed by atoms with Gasteiger partial charge in [0.05, 0.1) is 4.92 Å². The molecule has 0 atom stereocenters. The number of nitro benzene ring substituents is 1. The summed E-state index contributed by atoms with van der Waals surface area (Å²) in [4.78, 5) is 22.4. The lowest BCUT2D eigenvalue weighted by molar-refractivity contribution is -0.385. The van der Waals surface area contributed by atoms with Gasteiger partial charge in [-0.15, -0.1) is 0 Å². The number of nitro groups is 1. The normalized spacial score (nSPS) is 21.1. The molecule has 1 aromatic rings. The van der Waals surface area contributed by atoms with Crippen LogP contribution in [-0.4, -0.2) is 23.5 Å². The summed E-state index contributed by atoms with van der Waals surface area (Å²) in [7, 11) is 0. The number of nitrogens with one attached hydrogen (secondary N) is 1. The van der Waals surface area contributed by atoms with E-state index in [1.54, 1.807) is 12.1 Å². The third-order valence-corrected chi connectivity index (χ3v) is 4.74. The third kappa shape index (κ3) is 4.94. The Bertz CT molecular complexity index is 587. The maximum absolute atomic E-state index is 12.0. The molecular weight excluding hydrogens is 308 g/mol. The van der Waals surface area contributed by atoms with Crippen LogP contribution in [0.25, 0.3) is 0 Å². The predicted octanol–water partition coefficient (Wildman–Crippen LogP) is 3.69. The van der Waals surface area contributed by atoms with Gasteiger partial charge in [-0.25, -0.2) is 0 Å². The average Bonchev–Trinajstić information content (AvgIpc) is 2.53. The largest absolute Gasteiger partial charge is 0.477 e. The summed E-state index contributed by atoms with van der Waals surface area (Å²) in [6.07, 6.45) is 4.16. The Hall–Kier alpha value is -2.11. The van der Waals surface area contributed by atoms with E-state index in [-0.39, 0.29) is 30.0 Å². The van der Waals surface area contributed by atoms with Crippen LogP contribution >= 0.6 is 0 Å². The fourth-order valence-corrected chi connectivity index (χ4v) is 3.25. The summed E-state index contributed by atoms with van der Waals surface area (Å²) in [6.45, 7) is 6.58. The highest BCUT2D eigenvalue weighted by atomic mass is 16.6. The van der Waals surface area contributed by atoms with Gasteiger partial charge < -0.3 is 10.1 Å². The Balaban J connectivity index is 1.80. The van der Waals surface area contributed by atoms with Crippen molar-refractivity contribution in [2.75, 3.05) is 6.61 Å². The first-order valence-electron chi connectivity index (χ1n) is 8.43. The van der Waals surface area contributed by atoms with Crippen LogP contribution in [0.2, 0.25) is 0 Å². The van der Waals surface area contributed by atoms with Gasteiger partial charge >= 0.3 is 5.69 Å². The second-order valence-electron chi connectivity index (χ2n) is 7.50. The monoisotopic (exact) mass is 334 g/mol. The lowest BCUT2D eigenvalue weighted by Gasteiger charge is -2.37. The lowest BCUT2D eigenvalue weighted by atomic mass is 9.71. The lowest BCUT2D eigenvalue weighted by Crippen LogP contribution is -2.41. The summed E-state index contributed by atoms with van der Waals surface area (Å²) in [5.74, 6) is 0.579. The van der Waals surface area contributed by atoms with Crippen molar-refractivity contribution >= 4 is 11.6 Å². The molecule has 1 aliphatic rings. The molecule has 0 unspecified atom stereocenters. The van der Waals surface area contributed by atoms with E-state index >= 15 is 0 Å². The molecule has 0 aliphatic heterocycles. The number of hydrogen-bond donors (Lipinski definition) is 1.